The molecule has 6 heteroatoms. The van der Waals surface area contributed by atoms with Gasteiger partial charge < -0.3 is 15.0 Å². The first-order chi connectivity index (χ1) is 13.2. The first kappa shape index (κ1) is 17.6. The van der Waals surface area contributed by atoms with Crippen LogP contribution in [-0.2, 0) is 17.7 Å². The van der Waals surface area contributed by atoms with Gasteiger partial charge in [-0.05, 0) is 47.4 Å². The van der Waals surface area contributed by atoms with Crippen molar-refractivity contribution < 1.29 is 4.74 Å². The van der Waals surface area contributed by atoms with Crippen molar-refractivity contribution in [2.45, 2.75) is 25.8 Å². The Bertz CT molecular complexity index is 1000. The number of aliphatic imine (C=N–C) groups is 1. The fourth-order valence-electron chi connectivity index (χ4n) is 3.31. The fraction of sp³-hybridized carbons (Fsp3) is 0.238. The average Bonchev–Trinajstić information content (AvgIpc) is 3.11. The highest BCUT2D eigenvalue weighted by Gasteiger charge is 2.19. The zero-order chi connectivity index (χ0) is 18.6. The van der Waals surface area contributed by atoms with E-state index >= 15 is 0 Å². The van der Waals surface area contributed by atoms with E-state index in [4.69, 9.17) is 21.3 Å². The summed E-state index contributed by atoms with van der Waals surface area (Å²) in [5.41, 5.74) is 4.52. The molecule has 5 nitrogen and oxygen atoms in total. The number of H-pyrrole nitrogens is 1. The van der Waals surface area contributed by atoms with Gasteiger partial charge in [-0.1, -0.05) is 23.7 Å². The summed E-state index contributed by atoms with van der Waals surface area (Å²) in [5, 5.41) is 5.25. The van der Waals surface area contributed by atoms with Crippen molar-refractivity contribution in [3.63, 3.8) is 0 Å². The van der Waals surface area contributed by atoms with E-state index in [2.05, 4.69) is 21.4 Å². The number of fused-ring (bicyclic) bond motifs is 1. The molecule has 0 saturated carbocycles. The Morgan fingerprint density at radius 2 is 2.04 bits per heavy atom. The van der Waals surface area contributed by atoms with Crippen LogP contribution in [0.1, 0.15) is 24.0 Å². The van der Waals surface area contributed by atoms with Crippen LogP contribution < -0.4 is 5.32 Å². The summed E-state index contributed by atoms with van der Waals surface area (Å²) >= 11 is 5.93. The molecule has 0 saturated heterocycles. The molecule has 1 aliphatic heterocycles. The summed E-state index contributed by atoms with van der Waals surface area (Å²) in [6.07, 6.45) is 6.45. The maximum absolute atomic E-state index is 5.93. The molecule has 4 rings (SSSR count). The summed E-state index contributed by atoms with van der Waals surface area (Å²) in [7, 11) is 1.70. The third kappa shape index (κ3) is 3.98. The molecular formula is C21H21ClN4O. The Kier molecular flexibility index (Phi) is 5.12. The standard InChI is InChI=1S/C21H21ClN4O/c1-27-21-15(11-16-13-25-20-18(16)3-2-10-23-20)6-9-19(26-21)24-12-14-4-7-17(22)8-5-14/h2-5,7-8,10,13H,6,9,11-12H2,1H3,(H,23,25)(H,24,26). The molecule has 0 atom stereocenters. The number of hydrogen-bond acceptors (Lipinski definition) is 3. The number of halogens is 1. The predicted octanol–water partition coefficient (Wildman–Crippen LogP) is 4.60. The quantitative estimate of drug-likeness (QED) is 0.680. The van der Waals surface area contributed by atoms with Gasteiger partial charge in [-0.3, -0.25) is 4.99 Å². The highest BCUT2D eigenvalue weighted by Crippen LogP contribution is 2.25. The molecule has 1 aromatic carbocycles. The van der Waals surface area contributed by atoms with Crippen LogP contribution in [-0.4, -0.2) is 22.9 Å². The second-order valence-electron chi connectivity index (χ2n) is 6.54. The van der Waals surface area contributed by atoms with Crippen molar-refractivity contribution in [3.8, 4) is 0 Å². The summed E-state index contributed by atoms with van der Waals surface area (Å²) in [4.78, 5) is 12.3. The zero-order valence-electron chi connectivity index (χ0n) is 15.1. The SMILES string of the molecule is COC1=C(Cc2c[nH]c3ncccc23)CCC(=NCc2ccc(Cl)cc2)N1. The molecule has 2 aromatic heterocycles. The molecule has 1 aliphatic rings. The maximum atomic E-state index is 5.93. The van der Waals surface area contributed by atoms with Gasteiger partial charge in [0.05, 0.1) is 13.7 Å². The third-order valence-corrected chi connectivity index (χ3v) is 5.00. The second-order valence-corrected chi connectivity index (χ2v) is 6.98. The first-order valence-electron chi connectivity index (χ1n) is 8.94. The van der Waals surface area contributed by atoms with Gasteiger partial charge >= 0.3 is 0 Å². The van der Waals surface area contributed by atoms with E-state index in [9.17, 15) is 0 Å². The molecule has 0 spiro atoms. The highest BCUT2D eigenvalue weighted by atomic mass is 35.5. The van der Waals surface area contributed by atoms with Gasteiger partial charge in [-0.2, -0.15) is 0 Å². The molecule has 138 valence electrons. The molecule has 2 N–H and O–H groups in total. The van der Waals surface area contributed by atoms with Crippen LogP contribution in [0, 0.1) is 0 Å². The van der Waals surface area contributed by atoms with Crippen LogP contribution in [0.25, 0.3) is 11.0 Å². The Hall–Kier alpha value is -2.79. The first-order valence-corrected chi connectivity index (χ1v) is 9.32. The number of nitrogens with zero attached hydrogens (tertiary/aromatic N) is 2. The van der Waals surface area contributed by atoms with Crippen LogP contribution in [0.15, 0.2) is 65.2 Å². The second kappa shape index (κ2) is 7.84. The van der Waals surface area contributed by atoms with Crippen LogP contribution in [0.4, 0.5) is 0 Å². The Labute approximate surface area is 163 Å². The van der Waals surface area contributed by atoms with Crippen molar-refractivity contribution >= 4 is 28.5 Å². The fourth-order valence-corrected chi connectivity index (χ4v) is 3.44. The molecule has 0 bridgehead atoms. The third-order valence-electron chi connectivity index (χ3n) is 4.75. The number of amidine groups is 1. The van der Waals surface area contributed by atoms with Crippen molar-refractivity contribution in [1.82, 2.24) is 15.3 Å². The number of allylic oxidation sites excluding steroid dienone is 1. The molecule has 27 heavy (non-hydrogen) atoms. The van der Waals surface area contributed by atoms with Crippen molar-refractivity contribution in [2.24, 2.45) is 4.99 Å². The van der Waals surface area contributed by atoms with Crippen molar-refractivity contribution in [2.75, 3.05) is 7.11 Å². The Morgan fingerprint density at radius 1 is 1.19 bits per heavy atom. The van der Waals surface area contributed by atoms with Crippen molar-refractivity contribution in [1.29, 1.82) is 0 Å². The van der Waals surface area contributed by atoms with E-state index in [1.54, 1.807) is 13.3 Å². The van der Waals surface area contributed by atoms with E-state index in [0.717, 1.165) is 52.6 Å². The topological polar surface area (TPSA) is 62.3 Å². The Balaban J connectivity index is 1.49. The van der Waals surface area contributed by atoms with Gasteiger partial charge in [0.25, 0.3) is 0 Å². The molecule has 0 amide bonds. The van der Waals surface area contributed by atoms with Crippen LogP contribution in [0.2, 0.25) is 5.02 Å². The Morgan fingerprint density at radius 3 is 2.85 bits per heavy atom. The minimum atomic E-state index is 0.625. The summed E-state index contributed by atoms with van der Waals surface area (Å²) in [5.74, 6) is 1.75. The number of aromatic amines is 1. The largest absolute Gasteiger partial charge is 0.482 e. The van der Waals surface area contributed by atoms with Gasteiger partial charge in [-0.15, -0.1) is 0 Å². The van der Waals surface area contributed by atoms with Gasteiger partial charge in [0.1, 0.15) is 11.5 Å². The lowest BCUT2D eigenvalue weighted by molar-refractivity contribution is 0.264. The number of nitrogens with one attached hydrogen (secondary N) is 2. The molecule has 0 unspecified atom stereocenters. The van der Waals surface area contributed by atoms with Gasteiger partial charge in [0, 0.05) is 35.6 Å². The minimum Gasteiger partial charge on any atom is -0.482 e. The van der Waals surface area contributed by atoms with Gasteiger partial charge in [0.15, 0.2) is 5.88 Å². The monoisotopic (exact) mass is 380 g/mol. The van der Waals surface area contributed by atoms with Crippen LogP contribution >= 0.6 is 11.6 Å². The normalized spacial score (nSPS) is 16.0. The molecule has 0 radical (unpaired) electrons. The zero-order valence-corrected chi connectivity index (χ0v) is 15.9. The van der Waals surface area contributed by atoms with E-state index in [0.29, 0.717) is 6.54 Å². The summed E-state index contributed by atoms with van der Waals surface area (Å²) < 4.78 is 5.61. The number of hydrogen-bond donors (Lipinski definition) is 2. The molecule has 3 aromatic rings. The summed E-state index contributed by atoms with van der Waals surface area (Å²) in [6.45, 7) is 0.625. The lowest BCUT2D eigenvalue weighted by Gasteiger charge is -2.22. The van der Waals surface area contributed by atoms with Crippen LogP contribution in [0.5, 0.6) is 0 Å². The minimum absolute atomic E-state index is 0.625. The maximum Gasteiger partial charge on any atom is 0.191 e. The molecule has 0 aliphatic carbocycles. The lowest BCUT2D eigenvalue weighted by atomic mass is 9.99. The number of rotatable bonds is 5. The van der Waals surface area contributed by atoms with E-state index in [-0.39, 0.29) is 0 Å². The van der Waals surface area contributed by atoms with Gasteiger partial charge in [-0.25, -0.2) is 4.98 Å². The number of pyridine rings is 1. The number of benzene rings is 1. The van der Waals surface area contributed by atoms with Crippen LogP contribution in [0.3, 0.4) is 0 Å². The van der Waals surface area contributed by atoms with Crippen molar-refractivity contribution in [3.05, 3.63) is 76.4 Å². The number of aromatic nitrogens is 2. The number of ether oxygens (including phenoxy) is 1. The molecular weight excluding hydrogens is 360 g/mol. The smallest absolute Gasteiger partial charge is 0.191 e. The summed E-state index contributed by atoms with van der Waals surface area (Å²) in [6, 6.07) is 11.8. The van der Waals surface area contributed by atoms with Gasteiger partial charge in [0.2, 0.25) is 0 Å². The average molecular weight is 381 g/mol. The lowest BCUT2D eigenvalue weighted by Crippen LogP contribution is -2.30. The van der Waals surface area contributed by atoms with E-state index in [1.807, 2.05) is 36.5 Å². The predicted molar refractivity (Wildman–Crippen MR) is 109 cm³/mol. The van der Waals surface area contributed by atoms with E-state index < -0.39 is 0 Å². The highest BCUT2D eigenvalue weighted by molar-refractivity contribution is 6.30. The number of methoxy groups -OCH3 is 1. The van der Waals surface area contributed by atoms with E-state index in [1.165, 1.54) is 11.1 Å². The molecule has 3 heterocycles. The molecule has 0 fully saturated rings.